The second-order valence-electron chi connectivity index (χ2n) is 5.32. The van der Waals surface area contributed by atoms with Crippen LogP contribution in [0, 0.1) is 5.92 Å². The van der Waals surface area contributed by atoms with Crippen LogP contribution in [-0.2, 0) is 10.0 Å². The highest BCUT2D eigenvalue weighted by molar-refractivity contribution is 9.11. The van der Waals surface area contributed by atoms with E-state index in [-0.39, 0.29) is 6.04 Å². The maximum absolute atomic E-state index is 12.4. The van der Waals surface area contributed by atoms with Crippen LogP contribution >= 0.6 is 31.9 Å². The molecule has 0 radical (unpaired) electrons. The Morgan fingerprint density at radius 3 is 2.40 bits per heavy atom. The largest absolute Gasteiger partial charge is 0.241 e. The summed E-state index contributed by atoms with van der Waals surface area (Å²) >= 11 is 6.65. The maximum atomic E-state index is 12.4. The number of nitrogens with one attached hydrogen (secondary N) is 1. The molecule has 0 unspecified atom stereocenters. The summed E-state index contributed by atoms with van der Waals surface area (Å²) in [6, 6.07) is 5.18. The maximum Gasteiger partial charge on any atom is 0.241 e. The highest BCUT2D eigenvalue weighted by atomic mass is 79.9. The lowest BCUT2D eigenvalue weighted by Gasteiger charge is -2.28. The van der Waals surface area contributed by atoms with E-state index < -0.39 is 10.0 Å². The zero-order valence-corrected chi connectivity index (χ0v) is 15.4. The standard InChI is InChI=1S/C14H19Br2NO2S/c1-2-10-3-6-12(7-4-10)17-20(18,19)14-8-5-11(15)9-13(14)16/h5,8-10,12,17H,2-4,6-7H2,1H3. The van der Waals surface area contributed by atoms with Gasteiger partial charge in [-0.3, -0.25) is 0 Å². The molecule has 0 saturated heterocycles. The van der Waals surface area contributed by atoms with Gasteiger partial charge in [-0.15, -0.1) is 0 Å². The van der Waals surface area contributed by atoms with Crippen LogP contribution in [0.5, 0.6) is 0 Å². The van der Waals surface area contributed by atoms with Crippen molar-refractivity contribution in [3.8, 4) is 0 Å². The summed E-state index contributed by atoms with van der Waals surface area (Å²) < 4.78 is 29.1. The van der Waals surface area contributed by atoms with E-state index in [1.165, 1.54) is 6.42 Å². The molecule has 0 heterocycles. The summed E-state index contributed by atoms with van der Waals surface area (Å²) in [5.41, 5.74) is 0. The van der Waals surface area contributed by atoms with Crippen LogP contribution < -0.4 is 4.72 Å². The van der Waals surface area contributed by atoms with E-state index in [1.807, 2.05) is 0 Å². The lowest BCUT2D eigenvalue weighted by atomic mass is 9.85. The average Bonchev–Trinajstić information content (AvgIpc) is 2.38. The molecule has 6 heteroatoms. The molecule has 1 aromatic rings. The van der Waals surface area contributed by atoms with Crippen LogP contribution in [0.15, 0.2) is 32.0 Å². The Kier molecular flexibility index (Phi) is 5.68. The zero-order valence-electron chi connectivity index (χ0n) is 11.4. The minimum Gasteiger partial charge on any atom is -0.208 e. The zero-order chi connectivity index (χ0) is 14.8. The molecule has 0 bridgehead atoms. The highest BCUT2D eigenvalue weighted by Crippen LogP contribution is 2.29. The fourth-order valence-electron chi connectivity index (χ4n) is 2.66. The van der Waals surface area contributed by atoms with E-state index in [0.29, 0.717) is 9.37 Å². The van der Waals surface area contributed by atoms with Crippen molar-refractivity contribution in [3.63, 3.8) is 0 Å². The van der Waals surface area contributed by atoms with Gasteiger partial charge in [-0.1, -0.05) is 29.3 Å². The topological polar surface area (TPSA) is 46.2 Å². The fraction of sp³-hybridized carbons (Fsp3) is 0.571. The monoisotopic (exact) mass is 423 g/mol. The summed E-state index contributed by atoms with van der Waals surface area (Å²) in [5.74, 6) is 0.759. The van der Waals surface area contributed by atoms with Gasteiger partial charge in [0.15, 0.2) is 0 Å². The normalized spacial score (nSPS) is 23.8. The Morgan fingerprint density at radius 2 is 1.85 bits per heavy atom. The molecule has 1 aliphatic carbocycles. The third kappa shape index (κ3) is 4.06. The molecule has 0 aromatic heterocycles. The van der Waals surface area contributed by atoms with Crippen molar-refractivity contribution in [2.75, 3.05) is 0 Å². The molecule has 0 atom stereocenters. The summed E-state index contributed by atoms with van der Waals surface area (Å²) in [6.45, 7) is 2.20. The minimum atomic E-state index is -3.45. The van der Waals surface area contributed by atoms with Crippen LogP contribution in [0.1, 0.15) is 39.0 Å². The predicted molar refractivity (Wildman–Crippen MR) is 88.2 cm³/mol. The quantitative estimate of drug-likeness (QED) is 0.775. The molecule has 1 saturated carbocycles. The van der Waals surface area contributed by atoms with Crippen molar-refractivity contribution in [1.29, 1.82) is 0 Å². The Hall–Kier alpha value is 0.0900. The van der Waals surface area contributed by atoms with Gasteiger partial charge in [0.05, 0.1) is 4.90 Å². The van der Waals surface area contributed by atoms with Crippen LogP contribution in [-0.4, -0.2) is 14.5 Å². The van der Waals surface area contributed by atoms with Gasteiger partial charge in [-0.25, -0.2) is 13.1 Å². The number of halogens is 2. The summed E-state index contributed by atoms with van der Waals surface area (Å²) in [6.07, 6.45) is 5.30. The fourth-order valence-corrected chi connectivity index (χ4v) is 5.72. The van der Waals surface area contributed by atoms with Gasteiger partial charge >= 0.3 is 0 Å². The summed E-state index contributed by atoms with van der Waals surface area (Å²) in [4.78, 5) is 0.304. The number of hydrogen-bond acceptors (Lipinski definition) is 2. The molecule has 0 amide bonds. The minimum absolute atomic E-state index is 0.0679. The van der Waals surface area contributed by atoms with Gasteiger partial charge in [0.25, 0.3) is 0 Å². The van der Waals surface area contributed by atoms with Crippen molar-refractivity contribution in [2.24, 2.45) is 5.92 Å². The SMILES string of the molecule is CCC1CCC(NS(=O)(=O)c2ccc(Br)cc2Br)CC1. The lowest BCUT2D eigenvalue weighted by molar-refractivity contribution is 0.306. The number of sulfonamides is 1. The van der Waals surface area contributed by atoms with Gasteiger partial charge in [-0.05, 0) is 65.7 Å². The second-order valence-corrected chi connectivity index (χ2v) is 8.77. The average molecular weight is 425 g/mol. The Labute approximate surface area is 137 Å². The van der Waals surface area contributed by atoms with Gasteiger partial charge in [0.2, 0.25) is 10.0 Å². The molecule has 0 aliphatic heterocycles. The summed E-state index contributed by atoms with van der Waals surface area (Å²) in [7, 11) is -3.45. The smallest absolute Gasteiger partial charge is 0.208 e. The molecule has 20 heavy (non-hydrogen) atoms. The third-order valence-electron chi connectivity index (χ3n) is 3.93. The van der Waals surface area contributed by atoms with Crippen LogP contribution in [0.25, 0.3) is 0 Å². The van der Waals surface area contributed by atoms with Crippen LogP contribution in [0.2, 0.25) is 0 Å². The molecular formula is C14H19Br2NO2S. The Bertz CT molecular complexity index is 567. The van der Waals surface area contributed by atoms with Crippen LogP contribution in [0.4, 0.5) is 0 Å². The molecule has 1 N–H and O–H groups in total. The van der Waals surface area contributed by atoms with Crippen molar-refractivity contribution in [3.05, 3.63) is 27.1 Å². The van der Waals surface area contributed by atoms with Crippen molar-refractivity contribution >= 4 is 41.9 Å². The van der Waals surface area contributed by atoms with Crippen LogP contribution in [0.3, 0.4) is 0 Å². The second kappa shape index (κ2) is 6.90. The highest BCUT2D eigenvalue weighted by Gasteiger charge is 2.26. The Morgan fingerprint density at radius 1 is 1.20 bits per heavy atom. The predicted octanol–water partition coefficient (Wildman–Crippen LogP) is 4.46. The lowest BCUT2D eigenvalue weighted by Crippen LogP contribution is -2.37. The number of rotatable bonds is 4. The van der Waals surface area contributed by atoms with E-state index in [1.54, 1.807) is 18.2 Å². The molecule has 1 aromatic carbocycles. The van der Waals surface area contributed by atoms with E-state index in [2.05, 4.69) is 43.5 Å². The van der Waals surface area contributed by atoms with Gasteiger partial charge < -0.3 is 0 Å². The molecule has 1 fully saturated rings. The molecule has 1 aliphatic rings. The molecular weight excluding hydrogens is 406 g/mol. The third-order valence-corrected chi connectivity index (χ3v) is 6.92. The molecule has 2 rings (SSSR count). The number of benzene rings is 1. The van der Waals surface area contributed by atoms with E-state index >= 15 is 0 Å². The van der Waals surface area contributed by atoms with E-state index in [0.717, 1.165) is 36.1 Å². The molecule has 3 nitrogen and oxygen atoms in total. The van der Waals surface area contributed by atoms with Crippen molar-refractivity contribution < 1.29 is 8.42 Å². The van der Waals surface area contributed by atoms with Crippen molar-refractivity contribution in [1.82, 2.24) is 4.72 Å². The Balaban J connectivity index is 2.08. The first-order valence-corrected chi connectivity index (χ1v) is 9.96. The number of hydrogen-bond donors (Lipinski definition) is 1. The van der Waals surface area contributed by atoms with Gasteiger partial charge in [0.1, 0.15) is 0 Å². The first kappa shape index (κ1) is 16.5. The van der Waals surface area contributed by atoms with E-state index in [4.69, 9.17) is 0 Å². The van der Waals surface area contributed by atoms with E-state index in [9.17, 15) is 8.42 Å². The van der Waals surface area contributed by atoms with Gasteiger partial charge in [0, 0.05) is 15.0 Å². The first-order chi connectivity index (χ1) is 9.42. The van der Waals surface area contributed by atoms with Gasteiger partial charge in [-0.2, -0.15) is 0 Å². The molecule has 112 valence electrons. The summed E-state index contributed by atoms with van der Waals surface area (Å²) in [5, 5.41) is 0. The first-order valence-electron chi connectivity index (χ1n) is 6.89. The van der Waals surface area contributed by atoms with Crippen molar-refractivity contribution in [2.45, 2.75) is 50.0 Å². The molecule has 0 spiro atoms.